The number of hydrogen-bond acceptors (Lipinski definition) is 4. The second kappa shape index (κ2) is 7.22. The van der Waals surface area contributed by atoms with E-state index in [-0.39, 0.29) is 12.1 Å². The molecule has 0 radical (unpaired) electrons. The van der Waals surface area contributed by atoms with Crippen LogP contribution in [0.1, 0.15) is 41.9 Å². The largest absolute Gasteiger partial charge is 0.381 e. The summed E-state index contributed by atoms with van der Waals surface area (Å²) in [5.74, 6) is 0.453. The number of nitrogens with one attached hydrogen (secondary N) is 1. The van der Waals surface area contributed by atoms with Gasteiger partial charge in [0.25, 0.3) is 0 Å². The Kier molecular flexibility index (Phi) is 5.58. The van der Waals surface area contributed by atoms with E-state index in [2.05, 4.69) is 24.1 Å². The topological polar surface area (TPSA) is 54.5 Å². The Labute approximate surface area is 130 Å². The van der Waals surface area contributed by atoms with Crippen LogP contribution in [0.4, 0.5) is 4.79 Å². The summed E-state index contributed by atoms with van der Waals surface area (Å²) in [6.45, 7) is 8.44. The summed E-state index contributed by atoms with van der Waals surface area (Å²) >= 11 is 1.70. The minimum Gasteiger partial charge on any atom is -0.381 e. The average Bonchev–Trinajstić information content (AvgIpc) is 3.12. The second-order valence-corrected chi connectivity index (χ2v) is 6.73. The summed E-state index contributed by atoms with van der Waals surface area (Å²) in [5, 5.41) is 4.14. The maximum absolute atomic E-state index is 12.3. The van der Waals surface area contributed by atoms with E-state index in [1.807, 2.05) is 14.0 Å². The van der Waals surface area contributed by atoms with Gasteiger partial charge < -0.3 is 15.0 Å². The summed E-state index contributed by atoms with van der Waals surface area (Å²) in [5.41, 5.74) is 1.04. The fourth-order valence-corrected chi connectivity index (χ4v) is 3.56. The minimum absolute atomic E-state index is 0.0275. The summed E-state index contributed by atoms with van der Waals surface area (Å²) < 4.78 is 5.33. The van der Waals surface area contributed by atoms with Crippen molar-refractivity contribution < 1.29 is 9.53 Å². The number of urea groups is 1. The van der Waals surface area contributed by atoms with Crippen LogP contribution in [0.5, 0.6) is 0 Å². The Morgan fingerprint density at radius 3 is 2.95 bits per heavy atom. The lowest BCUT2D eigenvalue weighted by atomic mass is 10.1. The average molecular weight is 311 g/mol. The molecule has 6 heteroatoms. The summed E-state index contributed by atoms with van der Waals surface area (Å²) in [6.07, 6.45) is 1.98. The number of nitrogens with zero attached hydrogens (tertiary/aromatic N) is 2. The lowest BCUT2D eigenvalue weighted by molar-refractivity contribution is 0.179. The first kappa shape index (κ1) is 16.2. The SMILES string of the molecule is CCc1nc(C)c([C@@H](C)N(C)C(=O)NC[C@@H]2CCOC2)s1. The molecule has 0 saturated carbocycles. The van der Waals surface area contributed by atoms with Gasteiger partial charge in [-0.05, 0) is 26.7 Å². The van der Waals surface area contributed by atoms with E-state index in [9.17, 15) is 4.79 Å². The Morgan fingerprint density at radius 2 is 2.38 bits per heavy atom. The van der Waals surface area contributed by atoms with Crippen molar-refractivity contribution in [3.8, 4) is 0 Å². The molecule has 2 atom stereocenters. The Morgan fingerprint density at radius 1 is 1.62 bits per heavy atom. The lowest BCUT2D eigenvalue weighted by Gasteiger charge is -2.25. The van der Waals surface area contributed by atoms with Crippen molar-refractivity contribution in [2.75, 3.05) is 26.8 Å². The number of aryl methyl sites for hydroxylation is 2. The fraction of sp³-hybridized carbons (Fsp3) is 0.733. The normalized spacial score (nSPS) is 19.5. The molecule has 21 heavy (non-hydrogen) atoms. The molecule has 2 heterocycles. The lowest BCUT2D eigenvalue weighted by Crippen LogP contribution is -2.40. The Bertz CT molecular complexity index is 483. The predicted octanol–water partition coefficient (Wildman–Crippen LogP) is 2.75. The van der Waals surface area contributed by atoms with Crippen LogP contribution in [-0.2, 0) is 11.2 Å². The first-order chi connectivity index (χ1) is 10.0. The zero-order chi connectivity index (χ0) is 15.4. The van der Waals surface area contributed by atoms with Crippen molar-refractivity contribution in [2.45, 2.75) is 39.7 Å². The molecule has 1 aromatic heterocycles. The van der Waals surface area contributed by atoms with Crippen LogP contribution >= 0.6 is 11.3 Å². The van der Waals surface area contributed by atoms with Crippen LogP contribution in [0, 0.1) is 12.8 Å². The highest BCUT2D eigenvalue weighted by Crippen LogP contribution is 2.28. The van der Waals surface area contributed by atoms with Gasteiger partial charge in [0.2, 0.25) is 0 Å². The summed E-state index contributed by atoms with van der Waals surface area (Å²) in [4.78, 5) is 19.7. The van der Waals surface area contributed by atoms with Crippen LogP contribution in [0.3, 0.4) is 0 Å². The van der Waals surface area contributed by atoms with Gasteiger partial charge in [-0.15, -0.1) is 11.3 Å². The molecular formula is C15H25N3O2S. The van der Waals surface area contributed by atoms with E-state index in [0.29, 0.717) is 12.5 Å². The molecule has 2 rings (SSSR count). The van der Waals surface area contributed by atoms with Gasteiger partial charge in [0.15, 0.2) is 0 Å². The molecule has 118 valence electrons. The number of hydrogen-bond donors (Lipinski definition) is 1. The molecule has 1 saturated heterocycles. The molecule has 5 nitrogen and oxygen atoms in total. The molecule has 0 aromatic carbocycles. The van der Waals surface area contributed by atoms with E-state index in [1.54, 1.807) is 16.2 Å². The van der Waals surface area contributed by atoms with Crippen molar-refractivity contribution in [3.63, 3.8) is 0 Å². The molecule has 1 aromatic rings. The third kappa shape index (κ3) is 3.95. The third-order valence-electron chi connectivity index (χ3n) is 4.03. The minimum atomic E-state index is -0.0275. The molecule has 1 N–H and O–H groups in total. The molecule has 2 amide bonds. The number of aromatic nitrogens is 1. The number of carbonyl (C=O) groups is 1. The van der Waals surface area contributed by atoms with Gasteiger partial charge in [0.05, 0.1) is 23.4 Å². The summed E-state index contributed by atoms with van der Waals surface area (Å²) in [7, 11) is 1.84. The van der Waals surface area contributed by atoms with E-state index >= 15 is 0 Å². The fourth-order valence-electron chi connectivity index (χ4n) is 2.46. The standard InChI is InChI=1S/C15H25N3O2S/c1-5-13-17-10(2)14(21-13)11(3)18(4)15(19)16-8-12-6-7-20-9-12/h11-12H,5-9H2,1-4H3,(H,16,19)/t11-,12+/m1/s1. The Hall–Kier alpha value is -1.14. The van der Waals surface area contributed by atoms with Crippen molar-refractivity contribution in [1.82, 2.24) is 15.2 Å². The van der Waals surface area contributed by atoms with E-state index in [4.69, 9.17) is 4.74 Å². The highest BCUT2D eigenvalue weighted by Gasteiger charge is 2.23. The molecule has 0 spiro atoms. The van der Waals surface area contributed by atoms with Gasteiger partial charge >= 0.3 is 6.03 Å². The monoisotopic (exact) mass is 311 g/mol. The van der Waals surface area contributed by atoms with Gasteiger partial charge in [-0.1, -0.05) is 6.92 Å². The number of carbonyl (C=O) groups excluding carboxylic acids is 1. The molecule has 0 aliphatic carbocycles. The molecule has 0 bridgehead atoms. The molecule has 1 aliphatic heterocycles. The van der Waals surface area contributed by atoms with Gasteiger partial charge in [0.1, 0.15) is 0 Å². The van der Waals surface area contributed by atoms with E-state index in [0.717, 1.165) is 36.8 Å². The molecule has 1 aliphatic rings. The highest BCUT2D eigenvalue weighted by atomic mass is 32.1. The quantitative estimate of drug-likeness (QED) is 0.909. The van der Waals surface area contributed by atoms with E-state index in [1.165, 1.54) is 4.88 Å². The van der Waals surface area contributed by atoms with Gasteiger partial charge in [-0.2, -0.15) is 0 Å². The number of thiazole rings is 1. The number of amides is 2. The van der Waals surface area contributed by atoms with Crippen LogP contribution < -0.4 is 5.32 Å². The van der Waals surface area contributed by atoms with Crippen LogP contribution in [0.2, 0.25) is 0 Å². The molecule has 1 fully saturated rings. The zero-order valence-corrected chi connectivity index (χ0v) is 14.1. The Balaban J connectivity index is 1.92. The summed E-state index contributed by atoms with van der Waals surface area (Å²) in [6, 6.07) is 0.0166. The molecule has 0 unspecified atom stereocenters. The second-order valence-electron chi connectivity index (χ2n) is 5.61. The van der Waals surface area contributed by atoms with Crippen molar-refractivity contribution in [1.29, 1.82) is 0 Å². The van der Waals surface area contributed by atoms with Crippen LogP contribution in [-0.4, -0.2) is 42.7 Å². The van der Waals surface area contributed by atoms with E-state index < -0.39 is 0 Å². The number of rotatable bonds is 5. The first-order valence-corrected chi connectivity index (χ1v) is 8.39. The predicted molar refractivity (Wildman–Crippen MR) is 84.7 cm³/mol. The molecular weight excluding hydrogens is 286 g/mol. The van der Waals surface area contributed by atoms with Gasteiger partial charge in [0, 0.05) is 31.0 Å². The van der Waals surface area contributed by atoms with Crippen LogP contribution in [0.25, 0.3) is 0 Å². The zero-order valence-electron chi connectivity index (χ0n) is 13.3. The highest BCUT2D eigenvalue weighted by molar-refractivity contribution is 7.11. The smallest absolute Gasteiger partial charge is 0.317 e. The first-order valence-electron chi connectivity index (χ1n) is 7.57. The van der Waals surface area contributed by atoms with Crippen molar-refractivity contribution in [3.05, 3.63) is 15.6 Å². The van der Waals surface area contributed by atoms with Gasteiger partial charge in [-0.25, -0.2) is 9.78 Å². The maximum atomic E-state index is 12.3. The van der Waals surface area contributed by atoms with Gasteiger partial charge in [-0.3, -0.25) is 0 Å². The van der Waals surface area contributed by atoms with Crippen LogP contribution in [0.15, 0.2) is 0 Å². The maximum Gasteiger partial charge on any atom is 0.317 e. The third-order valence-corrected chi connectivity index (χ3v) is 5.50. The van der Waals surface area contributed by atoms with Crippen molar-refractivity contribution >= 4 is 17.4 Å². The number of ether oxygens (including phenoxy) is 1. The van der Waals surface area contributed by atoms with Crippen molar-refractivity contribution in [2.24, 2.45) is 5.92 Å².